The van der Waals surface area contributed by atoms with Crippen molar-refractivity contribution in [3.63, 3.8) is 0 Å². The van der Waals surface area contributed by atoms with Crippen LogP contribution in [0, 0.1) is 0 Å². The molecule has 0 bridgehead atoms. The van der Waals surface area contributed by atoms with Gasteiger partial charge in [-0.25, -0.2) is 0 Å². The zero-order chi connectivity index (χ0) is 12.1. The van der Waals surface area contributed by atoms with Gasteiger partial charge in [-0.1, -0.05) is 12.2 Å². The van der Waals surface area contributed by atoms with E-state index in [4.69, 9.17) is 9.47 Å². The van der Waals surface area contributed by atoms with Crippen LogP contribution in [0.5, 0.6) is 11.5 Å². The fourth-order valence-electron chi connectivity index (χ4n) is 1.72. The molecule has 0 amide bonds. The molecule has 1 N–H and O–H groups in total. The molecule has 1 aromatic carbocycles. The Labute approximate surface area is 97.1 Å². The SMILES string of the molecule is C=C(C)C(NC)c1ccc(OC)cc1OC. The zero-order valence-corrected chi connectivity index (χ0v) is 10.3. The number of hydrogen-bond donors (Lipinski definition) is 1. The van der Waals surface area contributed by atoms with Crippen molar-refractivity contribution in [3.05, 3.63) is 35.9 Å². The third-order valence-corrected chi connectivity index (χ3v) is 2.53. The van der Waals surface area contributed by atoms with Gasteiger partial charge in [0.1, 0.15) is 11.5 Å². The first-order valence-electron chi connectivity index (χ1n) is 5.18. The summed E-state index contributed by atoms with van der Waals surface area (Å²) < 4.78 is 10.5. The van der Waals surface area contributed by atoms with E-state index < -0.39 is 0 Å². The molecule has 0 aliphatic carbocycles. The third-order valence-electron chi connectivity index (χ3n) is 2.53. The number of methoxy groups -OCH3 is 2. The highest BCUT2D eigenvalue weighted by molar-refractivity contribution is 5.44. The predicted molar refractivity (Wildman–Crippen MR) is 66.2 cm³/mol. The van der Waals surface area contributed by atoms with Gasteiger partial charge < -0.3 is 14.8 Å². The van der Waals surface area contributed by atoms with Crippen molar-refractivity contribution < 1.29 is 9.47 Å². The van der Waals surface area contributed by atoms with Crippen LogP contribution in [-0.2, 0) is 0 Å². The Kier molecular flexibility index (Phi) is 4.38. The van der Waals surface area contributed by atoms with Gasteiger partial charge in [0.15, 0.2) is 0 Å². The van der Waals surface area contributed by atoms with Crippen LogP contribution in [0.25, 0.3) is 0 Å². The highest BCUT2D eigenvalue weighted by Crippen LogP contribution is 2.32. The Bertz CT molecular complexity index is 374. The van der Waals surface area contributed by atoms with Gasteiger partial charge in [0.05, 0.1) is 20.3 Å². The number of nitrogens with one attached hydrogen (secondary N) is 1. The maximum atomic E-state index is 5.36. The van der Waals surface area contributed by atoms with Crippen LogP contribution in [0.3, 0.4) is 0 Å². The van der Waals surface area contributed by atoms with Crippen LogP contribution in [0.1, 0.15) is 18.5 Å². The molecule has 0 aromatic heterocycles. The molecular formula is C13H19NO2. The summed E-state index contributed by atoms with van der Waals surface area (Å²) >= 11 is 0. The van der Waals surface area contributed by atoms with E-state index >= 15 is 0 Å². The lowest BCUT2D eigenvalue weighted by Crippen LogP contribution is -2.17. The molecule has 1 rings (SSSR count). The Morgan fingerprint density at radius 2 is 2.00 bits per heavy atom. The highest BCUT2D eigenvalue weighted by Gasteiger charge is 2.15. The summed E-state index contributed by atoms with van der Waals surface area (Å²) in [5, 5.41) is 3.21. The summed E-state index contributed by atoms with van der Waals surface area (Å²) in [7, 11) is 5.20. The summed E-state index contributed by atoms with van der Waals surface area (Å²) in [6.45, 7) is 5.96. The first-order valence-corrected chi connectivity index (χ1v) is 5.18. The van der Waals surface area contributed by atoms with E-state index in [0.717, 1.165) is 22.6 Å². The zero-order valence-electron chi connectivity index (χ0n) is 10.3. The van der Waals surface area contributed by atoms with E-state index in [1.807, 2.05) is 32.2 Å². The van der Waals surface area contributed by atoms with Gasteiger partial charge in [-0.2, -0.15) is 0 Å². The largest absolute Gasteiger partial charge is 0.497 e. The lowest BCUT2D eigenvalue weighted by atomic mass is 10.00. The number of ether oxygens (including phenoxy) is 2. The van der Waals surface area contributed by atoms with Gasteiger partial charge in [-0.05, 0) is 26.1 Å². The van der Waals surface area contributed by atoms with Gasteiger partial charge >= 0.3 is 0 Å². The van der Waals surface area contributed by atoms with Crippen molar-refractivity contribution in [2.24, 2.45) is 0 Å². The van der Waals surface area contributed by atoms with E-state index in [1.165, 1.54) is 0 Å². The number of hydrogen-bond acceptors (Lipinski definition) is 3. The van der Waals surface area contributed by atoms with E-state index in [9.17, 15) is 0 Å². The molecule has 0 radical (unpaired) electrons. The summed E-state index contributed by atoms with van der Waals surface area (Å²) in [4.78, 5) is 0. The molecule has 0 heterocycles. The van der Waals surface area contributed by atoms with Crippen molar-refractivity contribution in [1.82, 2.24) is 5.32 Å². The molecule has 88 valence electrons. The van der Waals surface area contributed by atoms with E-state index in [-0.39, 0.29) is 6.04 Å². The minimum absolute atomic E-state index is 0.0980. The van der Waals surface area contributed by atoms with Gasteiger partial charge in [-0.3, -0.25) is 0 Å². The van der Waals surface area contributed by atoms with Gasteiger partial charge in [0.25, 0.3) is 0 Å². The molecule has 0 aliphatic rings. The second kappa shape index (κ2) is 5.56. The van der Waals surface area contributed by atoms with E-state index in [1.54, 1.807) is 14.2 Å². The Balaban J connectivity index is 3.16. The molecule has 3 heteroatoms. The Morgan fingerprint density at radius 1 is 1.31 bits per heavy atom. The molecule has 3 nitrogen and oxygen atoms in total. The standard InChI is InChI=1S/C13H19NO2/c1-9(2)13(14-3)11-7-6-10(15-4)8-12(11)16-5/h6-8,13-14H,1H2,2-5H3. The molecule has 0 saturated heterocycles. The van der Waals surface area contributed by atoms with E-state index in [0.29, 0.717) is 0 Å². The predicted octanol–water partition coefficient (Wildman–Crippen LogP) is 2.54. The maximum absolute atomic E-state index is 5.36. The summed E-state index contributed by atoms with van der Waals surface area (Å²) in [6.07, 6.45) is 0. The number of benzene rings is 1. The normalized spacial score (nSPS) is 12.0. The van der Waals surface area contributed by atoms with Crippen LogP contribution in [0.4, 0.5) is 0 Å². The van der Waals surface area contributed by atoms with Gasteiger partial charge in [0.2, 0.25) is 0 Å². The molecule has 0 spiro atoms. The first kappa shape index (κ1) is 12.6. The lowest BCUT2D eigenvalue weighted by molar-refractivity contribution is 0.388. The highest BCUT2D eigenvalue weighted by atomic mass is 16.5. The Morgan fingerprint density at radius 3 is 2.44 bits per heavy atom. The minimum Gasteiger partial charge on any atom is -0.497 e. The second-order valence-corrected chi connectivity index (χ2v) is 3.68. The first-order chi connectivity index (χ1) is 7.63. The van der Waals surface area contributed by atoms with Gasteiger partial charge in [-0.15, -0.1) is 0 Å². The fraction of sp³-hybridized carbons (Fsp3) is 0.385. The van der Waals surface area contributed by atoms with Gasteiger partial charge in [0, 0.05) is 11.6 Å². The summed E-state index contributed by atoms with van der Waals surface area (Å²) in [6, 6.07) is 5.89. The van der Waals surface area contributed by atoms with Crippen molar-refractivity contribution in [2.75, 3.05) is 21.3 Å². The average molecular weight is 221 g/mol. The van der Waals surface area contributed by atoms with Crippen LogP contribution >= 0.6 is 0 Å². The fourth-order valence-corrected chi connectivity index (χ4v) is 1.72. The van der Waals surface area contributed by atoms with Crippen molar-refractivity contribution in [3.8, 4) is 11.5 Å². The number of rotatable bonds is 5. The average Bonchev–Trinajstić information content (AvgIpc) is 2.29. The smallest absolute Gasteiger partial charge is 0.127 e. The molecular weight excluding hydrogens is 202 g/mol. The third kappa shape index (κ3) is 2.55. The minimum atomic E-state index is 0.0980. The van der Waals surface area contributed by atoms with Crippen LogP contribution in [0.2, 0.25) is 0 Å². The topological polar surface area (TPSA) is 30.5 Å². The molecule has 0 saturated carbocycles. The van der Waals surface area contributed by atoms with Crippen LogP contribution in [-0.4, -0.2) is 21.3 Å². The summed E-state index contributed by atoms with van der Waals surface area (Å²) in [5.74, 6) is 1.60. The Hall–Kier alpha value is -1.48. The van der Waals surface area contributed by atoms with E-state index in [2.05, 4.69) is 11.9 Å². The molecule has 0 fully saturated rings. The molecule has 0 aliphatic heterocycles. The maximum Gasteiger partial charge on any atom is 0.127 e. The second-order valence-electron chi connectivity index (χ2n) is 3.68. The monoisotopic (exact) mass is 221 g/mol. The van der Waals surface area contributed by atoms with Crippen molar-refractivity contribution >= 4 is 0 Å². The molecule has 16 heavy (non-hydrogen) atoms. The molecule has 1 aromatic rings. The van der Waals surface area contributed by atoms with Crippen LogP contribution in [0.15, 0.2) is 30.4 Å². The van der Waals surface area contributed by atoms with Crippen LogP contribution < -0.4 is 14.8 Å². The van der Waals surface area contributed by atoms with Crippen molar-refractivity contribution in [2.45, 2.75) is 13.0 Å². The molecule has 1 atom stereocenters. The summed E-state index contributed by atoms with van der Waals surface area (Å²) in [5.41, 5.74) is 2.12. The lowest BCUT2D eigenvalue weighted by Gasteiger charge is -2.20. The quantitative estimate of drug-likeness (QED) is 0.775. The molecule has 1 unspecified atom stereocenters. The number of likely N-dealkylation sites (N-methyl/N-ethyl adjacent to an activating group) is 1. The van der Waals surface area contributed by atoms with Crippen molar-refractivity contribution in [1.29, 1.82) is 0 Å².